The lowest BCUT2D eigenvalue weighted by Gasteiger charge is -2.13. The molecule has 0 atom stereocenters. The molecule has 0 radical (unpaired) electrons. The third-order valence-electron chi connectivity index (χ3n) is 3.79. The number of aliphatic imine (C=N–C) groups is 1. The highest BCUT2D eigenvalue weighted by Crippen LogP contribution is 2.22. The van der Waals surface area contributed by atoms with Gasteiger partial charge in [0.25, 0.3) is 0 Å². The Morgan fingerprint density at radius 3 is 2.38 bits per heavy atom. The van der Waals surface area contributed by atoms with E-state index in [1.165, 1.54) is 12.1 Å². The van der Waals surface area contributed by atoms with Crippen molar-refractivity contribution >= 4 is 5.96 Å². The second-order valence-corrected chi connectivity index (χ2v) is 7.46. The van der Waals surface area contributed by atoms with Crippen LogP contribution in [0.2, 0.25) is 0 Å². The monoisotopic (exact) mass is 412 g/mol. The number of aromatic nitrogens is 1. The molecule has 0 spiro atoms. The third-order valence-corrected chi connectivity index (χ3v) is 3.79. The molecule has 0 aliphatic carbocycles. The van der Waals surface area contributed by atoms with Crippen molar-refractivity contribution in [3.05, 3.63) is 47.7 Å². The molecule has 0 bridgehead atoms. The van der Waals surface area contributed by atoms with Gasteiger partial charge in [0.1, 0.15) is 11.5 Å². The predicted molar refractivity (Wildman–Crippen MR) is 105 cm³/mol. The van der Waals surface area contributed by atoms with Gasteiger partial charge in [-0.3, -0.25) is 0 Å². The zero-order chi connectivity index (χ0) is 21.5. The molecule has 9 heteroatoms. The Labute approximate surface area is 168 Å². The van der Waals surface area contributed by atoms with Gasteiger partial charge < -0.3 is 19.8 Å². The summed E-state index contributed by atoms with van der Waals surface area (Å²) in [6.45, 7) is 8.21. The molecule has 29 heavy (non-hydrogen) atoms. The summed E-state index contributed by atoms with van der Waals surface area (Å²) in [4.78, 5) is 8.74. The Balaban J connectivity index is 1.92. The number of hydrogen-bond donors (Lipinski definition) is 2. The van der Waals surface area contributed by atoms with Crippen LogP contribution in [0.15, 0.2) is 39.9 Å². The number of alkyl halides is 3. The Morgan fingerprint density at radius 1 is 1.14 bits per heavy atom. The molecule has 2 aromatic rings. The van der Waals surface area contributed by atoms with Gasteiger partial charge in [0.05, 0.1) is 19.3 Å². The van der Waals surface area contributed by atoms with Crippen molar-refractivity contribution in [3.63, 3.8) is 0 Å². The van der Waals surface area contributed by atoms with E-state index in [2.05, 4.69) is 41.4 Å². The van der Waals surface area contributed by atoms with Crippen LogP contribution in [0.5, 0.6) is 5.75 Å². The average Bonchev–Trinajstić information content (AvgIpc) is 3.12. The standard InChI is InChI=1S/C20H27F3N4O2/c1-5-24-18(27-12-17-25-11-16(29-17)19(2,3)4)26-10-14-6-8-15(9-7-14)28-13-20(21,22)23/h6-9,11H,5,10,12-13H2,1-4H3,(H2,24,26,27). The number of halogens is 3. The third kappa shape index (κ3) is 8.05. The fourth-order valence-corrected chi connectivity index (χ4v) is 2.27. The first kappa shape index (κ1) is 22.6. The summed E-state index contributed by atoms with van der Waals surface area (Å²) in [5, 5.41) is 6.28. The minimum absolute atomic E-state index is 0.111. The molecule has 0 saturated heterocycles. The molecule has 1 aromatic carbocycles. The van der Waals surface area contributed by atoms with Gasteiger partial charge in [-0.05, 0) is 24.6 Å². The van der Waals surface area contributed by atoms with E-state index in [1.807, 2.05) is 6.92 Å². The van der Waals surface area contributed by atoms with Gasteiger partial charge in [0.2, 0.25) is 5.89 Å². The number of guanidine groups is 1. The van der Waals surface area contributed by atoms with Gasteiger partial charge in [0.15, 0.2) is 12.6 Å². The summed E-state index contributed by atoms with van der Waals surface area (Å²) >= 11 is 0. The van der Waals surface area contributed by atoms with Gasteiger partial charge in [-0.15, -0.1) is 0 Å². The second kappa shape index (κ2) is 9.67. The molecular weight excluding hydrogens is 385 g/mol. The van der Waals surface area contributed by atoms with E-state index in [9.17, 15) is 13.2 Å². The molecule has 0 fully saturated rings. The second-order valence-electron chi connectivity index (χ2n) is 7.46. The first-order valence-corrected chi connectivity index (χ1v) is 9.32. The molecule has 160 valence electrons. The van der Waals surface area contributed by atoms with Crippen LogP contribution in [0.4, 0.5) is 13.2 Å². The van der Waals surface area contributed by atoms with Crippen LogP contribution in [-0.2, 0) is 18.5 Å². The number of nitrogens with one attached hydrogen (secondary N) is 2. The van der Waals surface area contributed by atoms with Crippen molar-refractivity contribution in [1.82, 2.24) is 15.6 Å². The van der Waals surface area contributed by atoms with Crippen molar-refractivity contribution in [2.45, 2.75) is 52.4 Å². The zero-order valence-corrected chi connectivity index (χ0v) is 17.1. The Hall–Kier alpha value is -2.71. The highest BCUT2D eigenvalue weighted by molar-refractivity contribution is 5.79. The van der Waals surface area contributed by atoms with E-state index >= 15 is 0 Å². The lowest BCUT2D eigenvalue weighted by molar-refractivity contribution is -0.153. The Morgan fingerprint density at radius 2 is 1.83 bits per heavy atom. The number of hydrogen-bond acceptors (Lipinski definition) is 4. The molecule has 2 rings (SSSR count). The minimum Gasteiger partial charge on any atom is -0.484 e. The quantitative estimate of drug-likeness (QED) is 0.528. The van der Waals surface area contributed by atoms with Crippen LogP contribution in [0, 0.1) is 0 Å². The van der Waals surface area contributed by atoms with Crippen molar-refractivity contribution in [2.24, 2.45) is 4.99 Å². The Kier molecular flexibility index (Phi) is 7.53. The van der Waals surface area contributed by atoms with E-state index in [-0.39, 0.29) is 11.2 Å². The highest BCUT2D eigenvalue weighted by Gasteiger charge is 2.28. The van der Waals surface area contributed by atoms with E-state index in [0.29, 0.717) is 31.5 Å². The number of rotatable bonds is 7. The maximum atomic E-state index is 12.2. The van der Waals surface area contributed by atoms with Gasteiger partial charge in [0, 0.05) is 12.0 Å². The highest BCUT2D eigenvalue weighted by atomic mass is 19.4. The largest absolute Gasteiger partial charge is 0.484 e. The van der Waals surface area contributed by atoms with Crippen LogP contribution in [0.3, 0.4) is 0 Å². The molecule has 0 aliphatic heterocycles. The first-order chi connectivity index (χ1) is 13.6. The number of nitrogens with zero attached hydrogens (tertiary/aromatic N) is 2. The maximum absolute atomic E-state index is 12.2. The fraction of sp³-hybridized carbons (Fsp3) is 0.500. The van der Waals surface area contributed by atoms with Crippen molar-refractivity contribution in [3.8, 4) is 5.75 Å². The summed E-state index contributed by atoms with van der Waals surface area (Å²) in [5.74, 6) is 2.12. The molecule has 0 amide bonds. The average molecular weight is 412 g/mol. The molecule has 0 unspecified atom stereocenters. The molecule has 2 N–H and O–H groups in total. The van der Waals surface area contributed by atoms with Gasteiger partial charge >= 0.3 is 6.18 Å². The first-order valence-electron chi connectivity index (χ1n) is 9.32. The summed E-state index contributed by atoms with van der Waals surface area (Å²) in [6.07, 6.45) is -2.63. The van der Waals surface area contributed by atoms with Gasteiger partial charge in [-0.2, -0.15) is 13.2 Å². The van der Waals surface area contributed by atoms with Crippen LogP contribution in [0.1, 0.15) is 44.9 Å². The molecular formula is C20H27F3N4O2. The van der Waals surface area contributed by atoms with E-state index in [0.717, 1.165) is 11.3 Å². The van der Waals surface area contributed by atoms with E-state index in [1.54, 1.807) is 18.3 Å². The van der Waals surface area contributed by atoms with Gasteiger partial charge in [-0.1, -0.05) is 32.9 Å². The van der Waals surface area contributed by atoms with Gasteiger partial charge in [-0.25, -0.2) is 9.98 Å². The molecule has 0 aliphatic rings. The normalized spacial score (nSPS) is 12.7. The molecule has 1 heterocycles. The van der Waals surface area contributed by atoms with Crippen molar-refractivity contribution in [2.75, 3.05) is 13.2 Å². The van der Waals surface area contributed by atoms with E-state index in [4.69, 9.17) is 9.15 Å². The minimum atomic E-state index is -4.36. The number of benzene rings is 1. The lowest BCUT2D eigenvalue weighted by atomic mass is 9.94. The van der Waals surface area contributed by atoms with Crippen LogP contribution < -0.4 is 15.4 Å². The predicted octanol–water partition coefficient (Wildman–Crippen LogP) is 4.17. The van der Waals surface area contributed by atoms with Crippen molar-refractivity contribution in [1.29, 1.82) is 0 Å². The summed E-state index contributed by atoms with van der Waals surface area (Å²) in [7, 11) is 0. The SMILES string of the molecule is CCNC(=NCc1ccc(OCC(F)(F)F)cc1)NCc1ncc(C(C)(C)C)o1. The van der Waals surface area contributed by atoms with Crippen LogP contribution in [0.25, 0.3) is 0 Å². The number of ether oxygens (including phenoxy) is 1. The summed E-state index contributed by atoms with van der Waals surface area (Å²) in [6, 6.07) is 6.36. The van der Waals surface area contributed by atoms with Crippen LogP contribution in [-0.4, -0.2) is 30.3 Å². The number of oxazole rings is 1. The molecule has 6 nitrogen and oxygen atoms in total. The molecule has 1 aromatic heterocycles. The van der Waals surface area contributed by atoms with E-state index < -0.39 is 12.8 Å². The topological polar surface area (TPSA) is 71.7 Å². The lowest BCUT2D eigenvalue weighted by Crippen LogP contribution is -2.36. The fourth-order valence-electron chi connectivity index (χ4n) is 2.27. The Bertz CT molecular complexity index is 793. The molecule has 0 saturated carbocycles. The zero-order valence-electron chi connectivity index (χ0n) is 17.1. The van der Waals surface area contributed by atoms with Crippen molar-refractivity contribution < 1.29 is 22.3 Å². The van der Waals surface area contributed by atoms with Crippen LogP contribution >= 0.6 is 0 Å². The maximum Gasteiger partial charge on any atom is 0.422 e. The smallest absolute Gasteiger partial charge is 0.422 e. The summed E-state index contributed by atoms with van der Waals surface area (Å²) < 4.78 is 47.0. The summed E-state index contributed by atoms with van der Waals surface area (Å²) in [5.41, 5.74) is 0.729.